The van der Waals surface area contributed by atoms with Gasteiger partial charge < -0.3 is 0 Å². The Morgan fingerprint density at radius 1 is 1.14 bits per heavy atom. The summed E-state index contributed by atoms with van der Waals surface area (Å²) in [5.74, 6) is 0.0538. The normalized spacial score (nSPS) is 11.3. The minimum atomic E-state index is 0.0538. The van der Waals surface area contributed by atoms with Crippen LogP contribution >= 0.6 is 22.9 Å². The van der Waals surface area contributed by atoms with E-state index in [1.807, 2.05) is 36.4 Å². The number of nitrogens with zero attached hydrogens (tertiary/aromatic N) is 1. The van der Waals surface area contributed by atoms with Crippen molar-refractivity contribution in [2.24, 2.45) is 4.99 Å². The van der Waals surface area contributed by atoms with Gasteiger partial charge in [0.15, 0.2) is 5.78 Å². The number of benzene rings is 2. The maximum atomic E-state index is 11.2. The van der Waals surface area contributed by atoms with E-state index in [9.17, 15) is 4.79 Å². The van der Waals surface area contributed by atoms with Crippen molar-refractivity contribution in [3.05, 3.63) is 64.0 Å². The van der Waals surface area contributed by atoms with Crippen molar-refractivity contribution in [1.82, 2.24) is 0 Å². The Balaban J connectivity index is 1.90. The lowest BCUT2D eigenvalue weighted by Crippen LogP contribution is -1.89. The monoisotopic (exact) mass is 313 g/mol. The zero-order valence-electron chi connectivity index (χ0n) is 11.3. The van der Waals surface area contributed by atoms with Crippen LogP contribution in [0.25, 0.3) is 10.1 Å². The van der Waals surface area contributed by atoms with E-state index in [1.165, 1.54) is 0 Å². The van der Waals surface area contributed by atoms with Crippen molar-refractivity contribution < 1.29 is 4.79 Å². The Morgan fingerprint density at radius 3 is 2.52 bits per heavy atom. The molecule has 0 saturated carbocycles. The summed E-state index contributed by atoms with van der Waals surface area (Å²) >= 11 is 7.98. The highest BCUT2D eigenvalue weighted by molar-refractivity contribution is 7.21. The van der Waals surface area contributed by atoms with Crippen LogP contribution in [0.2, 0.25) is 5.02 Å². The van der Waals surface area contributed by atoms with Crippen LogP contribution in [0, 0.1) is 0 Å². The van der Waals surface area contributed by atoms with Crippen molar-refractivity contribution in [2.75, 3.05) is 0 Å². The first-order valence-electron chi connectivity index (χ1n) is 6.47. The molecule has 0 atom stereocenters. The molecule has 104 valence electrons. The number of ketones is 1. The second-order valence-corrected chi connectivity index (χ2v) is 6.10. The van der Waals surface area contributed by atoms with Crippen molar-refractivity contribution >= 4 is 50.7 Å². The summed E-state index contributed by atoms with van der Waals surface area (Å²) in [6.45, 7) is 1.55. The molecule has 3 aromatic rings. The molecule has 1 aromatic heterocycles. The molecule has 0 saturated heterocycles. The van der Waals surface area contributed by atoms with E-state index < -0.39 is 0 Å². The highest BCUT2D eigenvalue weighted by atomic mass is 35.5. The van der Waals surface area contributed by atoms with Gasteiger partial charge in [-0.1, -0.05) is 29.8 Å². The summed E-state index contributed by atoms with van der Waals surface area (Å²) in [6, 6.07) is 15.2. The minimum absolute atomic E-state index is 0.0538. The number of thiophene rings is 1. The smallest absolute Gasteiger partial charge is 0.159 e. The largest absolute Gasteiger partial charge is 0.295 e. The van der Waals surface area contributed by atoms with Crippen LogP contribution in [0.5, 0.6) is 0 Å². The van der Waals surface area contributed by atoms with Crippen LogP contribution in [-0.2, 0) is 0 Å². The molecular formula is C17H12ClNOS. The Bertz CT molecular complexity index is 834. The van der Waals surface area contributed by atoms with Crippen LogP contribution in [0.4, 0.5) is 5.69 Å². The SMILES string of the molecule is CC(=O)c1ccc(N=Cc2sc3ccccc3c2Cl)cc1. The van der Waals surface area contributed by atoms with Crippen LogP contribution < -0.4 is 0 Å². The predicted molar refractivity (Wildman–Crippen MR) is 90.5 cm³/mol. The lowest BCUT2D eigenvalue weighted by Gasteiger charge is -1.96. The molecule has 3 rings (SSSR count). The Labute approximate surface area is 131 Å². The van der Waals surface area contributed by atoms with E-state index >= 15 is 0 Å². The van der Waals surface area contributed by atoms with Gasteiger partial charge in [-0.25, -0.2) is 0 Å². The first-order valence-corrected chi connectivity index (χ1v) is 7.67. The Kier molecular flexibility index (Phi) is 3.86. The molecule has 4 heteroatoms. The highest BCUT2D eigenvalue weighted by Crippen LogP contribution is 2.34. The van der Waals surface area contributed by atoms with Gasteiger partial charge >= 0.3 is 0 Å². The zero-order valence-corrected chi connectivity index (χ0v) is 12.9. The number of carbonyl (C=O) groups is 1. The molecule has 2 aromatic carbocycles. The molecular weight excluding hydrogens is 302 g/mol. The summed E-state index contributed by atoms with van der Waals surface area (Å²) in [4.78, 5) is 16.6. The number of fused-ring (bicyclic) bond motifs is 1. The lowest BCUT2D eigenvalue weighted by molar-refractivity contribution is 0.101. The first kappa shape index (κ1) is 14.0. The van der Waals surface area contributed by atoms with Gasteiger partial charge in [0.25, 0.3) is 0 Å². The fourth-order valence-corrected chi connectivity index (χ4v) is 3.39. The van der Waals surface area contributed by atoms with Gasteiger partial charge in [-0.2, -0.15) is 0 Å². The van der Waals surface area contributed by atoms with E-state index in [0.29, 0.717) is 5.56 Å². The average Bonchev–Trinajstić information content (AvgIpc) is 2.82. The molecule has 0 N–H and O–H groups in total. The van der Waals surface area contributed by atoms with E-state index in [2.05, 4.69) is 4.99 Å². The van der Waals surface area contributed by atoms with Crippen LogP contribution in [0.3, 0.4) is 0 Å². The molecule has 0 spiro atoms. The number of rotatable bonds is 3. The molecule has 21 heavy (non-hydrogen) atoms. The third-order valence-corrected chi connectivity index (χ3v) is 4.79. The molecule has 0 radical (unpaired) electrons. The van der Waals surface area contributed by atoms with Crippen molar-refractivity contribution in [1.29, 1.82) is 0 Å². The minimum Gasteiger partial charge on any atom is -0.295 e. The number of hydrogen-bond donors (Lipinski definition) is 0. The van der Waals surface area contributed by atoms with E-state index in [-0.39, 0.29) is 5.78 Å². The highest BCUT2D eigenvalue weighted by Gasteiger charge is 2.07. The predicted octanol–water partition coefficient (Wildman–Crippen LogP) is 5.51. The van der Waals surface area contributed by atoms with E-state index in [4.69, 9.17) is 11.6 Å². The second kappa shape index (κ2) is 5.80. The van der Waals surface area contributed by atoms with Gasteiger partial charge in [-0.3, -0.25) is 9.79 Å². The van der Waals surface area contributed by atoms with Crippen molar-refractivity contribution in [3.8, 4) is 0 Å². The summed E-state index contributed by atoms with van der Waals surface area (Å²) < 4.78 is 1.15. The molecule has 0 aliphatic heterocycles. The zero-order chi connectivity index (χ0) is 14.8. The molecule has 2 nitrogen and oxygen atoms in total. The summed E-state index contributed by atoms with van der Waals surface area (Å²) in [5.41, 5.74) is 1.49. The summed E-state index contributed by atoms with van der Waals surface area (Å²) in [6.07, 6.45) is 1.77. The number of aliphatic imine (C=N–C) groups is 1. The van der Waals surface area contributed by atoms with E-state index in [0.717, 1.165) is 25.7 Å². The maximum absolute atomic E-state index is 11.2. The van der Waals surface area contributed by atoms with Crippen LogP contribution in [0.1, 0.15) is 22.2 Å². The summed E-state index contributed by atoms with van der Waals surface area (Å²) in [5, 5.41) is 1.79. The molecule has 0 amide bonds. The third-order valence-electron chi connectivity index (χ3n) is 3.16. The molecule has 0 fully saturated rings. The standard InChI is InChI=1S/C17H12ClNOS/c1-11(20)12-6-8-13(9-7-12)19-10-16-17(18)14-4-2-3-5-15(14)21-16/h2-10H,1H3. The Hall–Kier alpha value is -1.97. The van der Waals surface area contributed by atoms with E-state index in [1.54, 1.807) is 36.6 Å². The number of halogens is 1. The average molecular weight is 314 g/mol. The fourth-order valence-electron chi connectivity index (χ4n) is 2.03. The lowest BCUT2D eigenvalue weighted by atomic mass is 10.1. The number of carbonyl (C=O) groups excluding carboxylic acids is 1. The van der Waals surface area contributed by atoms with Gasteiger partial charge in [0, 0.05) is 21.9 Å². The van der Waals surface area contributed by atoms with Crippen molar-refractivity contribution in [2.45, 2.75) is 6.92 Å². The fraction of sp³-hybridized carbons (Fsp3) is 0.0588. The van der Waals surface area contributed by atoms with Crippen LogP contribution in [-0.4, -0.2) is 12.0 Å². The summed E-state index contributed by atoms with van der Waals surface area (Å²) in [7, 11) is 0. The number of hydrogen-bond acceptors (Lipinski definition) is 3. The second-order valence-electron chi connectivity index (χ2n) is 4.64. The number of Topliss-reactive ketones (excluding diaryl/α,β-unsaturated/α-hetero) is 1. The molecule has 0 bridgehead atoms. The van der Waals surface area contributed by atoms with Crippen molar-refractivity contribution in [3.63, 3.8) is 0 Å². The molecule has 0 unspecified atom stereocenters. The Morgan fingerprint density at radius 2 is 1.86 bits per heavy atom. The molecule has 1 heterocycles. The quantitative estimate of drug-likeness (QED) is 0.463. The topological polar surface area (TPSA) is 29.4 Å². The van der Waals surface area contributed by atoms with Gasteiger partial charge in [0.05, 0.1) is 15.6 Å². The molecule has 0 aliphatic rings. The van der Waals surface area contributed by atoms with Crippen LogP contribution in [0.15, 0.2) is 53.5 Å². The van der Waals surface area contributed by atoms with Gasteiger partial charge in [0.2, 0.25) is 0 Å². The first-order chi connectivity index (χ1) is 10.1. The van der Waals surface area contributed by atoms with Gasteiger partial charge in [-0.05, 0) is 37.3 Å². The van der Waals surface area contributed by atoms with Gasteiger partial charge in [0.1, 0.15) is 0 Å². The van der Waals surface area contributed by atoms with Gasteiger partial charge in [-0.15, -0.1) is 11.3 Å². The maximum Gasteiger partial charge on any atom is 0.159 e. The third kappa shape index (κ3) is 2.89. The molecule has 0 aliphatic carbocycles.